The number of aryl methyl sites for hydroxylation is 1. The van der Waals surface area contributed by atoms with Crippen LogP contribution in [0.15, 0.2) is 6.07 Å². The zero-order chi connectivity index (χ0) is 13.2. The molecule has 0 spiro atoms. The number of ether oxygens (including phenoxy) is 2. The fourth-order valence-electron chi connectivity index (χ4n) is 2.99. The minimum Gasteiger partial charge on any atom is -0.493 e. The molecule has 0 aromatic heterocycles. The molecule has 2 aliphatic rings. The second kappa shape index (κ2) is 5.24. The van der Waals surface area contributed by atoms with Crippen molar-refractivity contribution in [2.24, 2.45) is 0 Å². The lowest BCUT2D eigenvalue weighted by Crippen LogP contribution is -2.17. The van der Waals surface area contributed by atoms with Crippen LogP contribution >= 0.6 is 0 Å². The number of fused-ring (bicyclic) bond motifs is 2. The van der Waals surface area contributed by atoms with Crippen molar-refractivity contribution in [3.8, 4) is 11.5 Å². The monoisotopic (exact) mass is 260 g/mol. The third-order valence-corrected chi connectivity index (χ3v) is 3.93. The van der Waals surface area contributed by atoms with E-state index in [0.717, 1.165) is 56.8 Å². The van der Waals surface area contributed by atoms with Crippen LogP contribution in [-0.2, 0) is 24.1 Å². The molecule has 0 saturated heterocycles. The molecule has 0 N–H and O–H groups in total. The van der Waals surface area contributed by atoms with Crippen LogP contribution in [0.3, 0.4) is 0 Å². The van der Waals surface area contributed by atoms with Gasteiger partial charge in [0.25, 0.3) is 0 Å². The SMILES string of the molecule is CC(=O)CCc1c2c(cc3c1OCCC3)OCCC2. The van der Waals surface area contributed by atoms with E-state index in [4.69, 9.17) is 9.47 Å². The Kier molecular flexibility index (Phi) is 3.45. The van der Waals surface area contributed by atoms with E-state index in [-0.39, 0.29) is 5.78 Å². The van der Waals surface area contributed by atoms with E-state index in [1.54, 1.807) is 6.92 Å². The van der Waals surface area contributed by atoms with E-state index < -0.39 is 0 Å². The van der Waals surface area contributed by atoms with Crippen LogP contribution in [0.5, 0.6) is 11.5 Å². The van der Waals surface area contributed by atoms with Crippen LogP contribution in [0.4, 0.5) is 0 Å². The zero-order valence-electron chi connectivity index (χ0n) is 11.5. The molecule has 2 heterocycles. The van der Waals surface area contributed by atoms with Crippen molar-refractivity contribution in [3.05, 3.63) is 22.8 Å². The lowest BCUT2D eigenvalue weighted by molar-refractivity contribution is -0.116. The number of hydrogen-bond acceptors (Lipinski definition) is 3. The minimum absolute atomic E-state index is 0.235. The van der Waals surface area contributed by atoms with Gasteiger partial charge in [0.05, 0.1) is 13.2 Å². The molecule has 3 rings (SSSR count). The number of carbonyl (C=O) groups excluding carboxylic acids is 1. The van der Waals surface area contributed by atoms with E-state index in [1.165, 1.54) is 16.7 Å². The van der Waals surface area contributed by atoms with Crippen LogP contribution in [0.2, 0.25) is 0 Å². The van der Waals surface area contributed by atoms with Crippen molar-refractivity contribution < 1.29 is 14.3 Å². The molecule has 0 saturated carbocycles. The molecular formula is C16H20O3. The van der Waals surface area contributed by atoms with Crippen molar-refractivity contribution in [2.75, 3.05) is 13.2 Å². The lowest BCUT2D eigenvalue weighted by atomic mass is 9.90. The van der Waals surface area contributed by atoms with Gasteiger partial charge in [-0.1, -0.05) is 0 Å². The summed E-state index contributed by atoms with van der Waals surface area (Å²) in [4.78, 5) is 11.3. The summed E-state index contributed by atoms with van der Waals surface area (Å²) in [6, 6.07) is 2.15. The van der Waals surface area contributed by atoms with Gasteiger partial charge in [-0.15, -0.1) is 0 Å². The van der Waals surface area contributed by atoms with Gasteiger partial charge in [-0.25, -0.2) is 0 Å². The van der Waals surface area contributed by atoms with E-state index in [2.05, 4.69) is 6.07 Å². The van der Waals surface area contributed by atoms with Crippen LogP contribution in [-0.4, -0.2) is 19.0 Å². The van der Waals surface area contributed by atoms with Crippen LogP contribution < -0.4 is 9.47 Å². The summed E-state index contributed by atoms with van der Waals surface area (Å²) >= 11 is 0. The summed E-state index contributed by atoms with van der Waals surface area (Å²) < 4.78 is 11.7. The molecule has 3 nitrogen and oxygen atoms in total. The average Bonchev–Trinajstić information content (AvgIpc) is 2.43. The Morgan fingerprint density at radius 3 is 2.84 bits per heavy atom. The predicted octanol–water partition coefficient (Wildman–Crippen LogP) is 2.86. The molecule has 0 unspecified atom stereocenters. The van der Waals surface area contributed by atoms with Gasteiger partial charge in [-0.05, 0) is 50.7 Å². The summed E-state index contributed by atoms with van der Waals surface area (Å²) in [5.41, 5.74) is 3.75. The second-order valence-corrected chi connectivity index (χ2v) is 5.43. The summed E-state index contributed by atoms with van der Waals surface area (Å²) in [6.07, 6.45) is 5.59. The van der Waals surface area contributed by atoms with Crippen molar-refractivity contribution >= 4 is 5.78 Å². The molecule has 1 aromatic rings. The minimum atomic E-state index is 0.235. The quantitative estimate of drug-likeness (QED) is 0.838. The Hall–Kier alpha value is -1.51. The summed E-state index contributed by atoms with van der Waals surface area (Å²) in [5, 5.41) is 0. The van der Waals surface area contributed by atoms with E-state index in [1.807, 2.05) is 0 Å². The number of hydrogen-bond donors (Lipinski definition) is 0. The molecule has 3 heteroatoms. The topological polar surface area (TPSA) is 35.5 Å². The zero-order valence-corrected chi connectivity index (χ0v) is 11.5. The van der Waals surface area contributed by atoms with Crippen molar-refractivity contribution in [1.29, 1.82) is 0 Å². The molecule has 0 aliphatic carbocycles. The van der Waals surface area contributed by atoms with Gasteiger partial charge in [-0.3, -0.25) is 0 Å². The highest BCUT2D eigenvalue weighted by molar-refractivity contribution is 5.76. The van der Waals surface area contributed by atoms with Crippen LogP contribution in [0.25, 0.3) is 0 Å². The number of rotatable bonds is 3. The maximum Gasteiger partial charge on any atom is 0.130 e. The summed E-state index contributed by atoms with van der Waals surface area (Å²) in [6.45, 7) is 3.25. The second-order valence-electron chi connectivity index (χ2n) is 5.43. The normalized spacial score (nSPS) is 16.9. The van der Waals surface area contributed by atoms with E-state index in [9.17, 15) is 4.79 Å². The van der Waals surface area contributed by atoms with Crippen molar-refractivity contribution in [3.63, 3.8) is 0 Å². The first kappa shape index (κ1) is 12.5. The molecule has 102 valence electrons. The van der Waals surface area contributed by atoms with Gasteiger partial charge in [-0.2, -0.15) is 0 Å². The van der Waals surface area contributed by atoms with Crippen molar-refractivity contribution in [2.45, 2.75) is 45.4 Å². The van der Waals surface area contributed by atoms with Crippen LogP contribution in [0, 0.1) is 0 Å². The highest BCUT2D eigenvalue weighted by Gasteiger charge is 2.24. The molecule has 0 amide bonds. The Morgan fingerprint density at radius 1 is 1.21 bits per heavy atom. The Balaban J connectivity index is 2.03. The summed E-state index contributed by atoms with van der Waals surface area (Å²) in [5.74, 6) is 2.30. The van der Waals surface area contributed by atoms with Gasteiger partial charge >= 0.3 is 0 Å². The Bertz CT molecular complexity index is 471. The smallest absolute Gasteiger partial charge is 0.130 e. The molecule has 2 aliphatic heterocycles. The first-order valence-corrected chi connectivity index (χ1v) is 7.18. The third-order valence-electron chi connectivity index (χ3n) is 3.93. The highest BCUT2D eigenvalue weighted by Crippen LogP contribution is 2.40. The van der Waals surface area contributed by atoms with Crippen LogP contribution in [0.1, 0.15) is 42.9 Å². The molecule has 0 radical (unpaired) electrons. The fourth-order valence-corrected chi connectivity index (χ4v) is 2.99. The highest BCUT2D eigenvalue weighted by atomic mass is 16.5. The summed E-state index contributed by atoms with van der Waals surface area (Å²) in [7, 11) is 0. The standard InChI is InChI=1S/C16H20O3/c1-11(17)6-7-14-13-5-3-8-18-15(13)10-12-4-2-9-19-16(12)14/h10H,2-9H2,1H3. The Labute approximate surface area is 113 Å². The van der Waals surface area contributed by atoms with Gasteiger partial charge in [0, 0.05) is 17.5 Å². The molecule has 0 fully saturated rings. The first-order chi connectivity index (χ1) is 9.25. The third kappa shape index (κ3) is 2.46. The van der Waals surface area contributed by atoms with E-state index in [0.29, 0.717) is 6.42 Å². The predicted molar refractivity (Wildman–Crippen MR) is 73.1 cm³/mol. The Morgan fingerprint density at radius 2 is 2.00 bits per heavy atom. The lowest BCUT2D eigenvalue weighted by Gasteiger charge is -2.27. The number of ketones is 1. The molecule has 1 aromatic carbocycles. The largest absolute Gasteiger partial charge is 0.493 e. The molecule has 0 atom stereocenters. The van der Waals surface area contributed by atoms with E-state index >= 15 is 0 Å². The van der Waals surface area contributed by atoms with Crippen molar-refractivity contribution in [1.82, 2.24) is 0 Å². The number of benzene rings is 1. The maximum atomic E-state index is 11.3. The first-order valence-electron chi connectivity index (χ1n) is 7.18. The molecule has 0 bridgehead atoms. The molecule has 19 heavy (non-hydrogen) atoms. The number of Topliss-reactive ketones (excluding diaryl/α,β-unsaturated/α-hetero) is 1. The van der Waals surface area contributed by atoms with Gasteiger partial charge in [0.15, 0.2) is 0 Å². The maximum absolute atomic E-state index is 11.3. The van der Waals surface area contributed by atoms with Gasteiger partial charge in [0.1, 0.15) is 17.3 Å². The van der Waals surface area contributed by atoms with Gasteiger partial charge in [0.2, 0.25) is 0 Å². The fraction of sp³-hybridized carbons (Fsp3) is 0.562. The average molecular weight is 260 g/mol. The molecular weight excluding hydrogens is 240 g/mol. The van der Waals surface area contributed by atoms with Gasteiger partial charge < -0.3 is 14.3 Å². The number of carbonyl (C=O) groups is 1.